The Morgan fingerprint density at radius 3 is 1.88 bits per heavy atom. The molecular formula is C16H16ClNO6S2. The highest BCUT2D eigenvalue weighted by molar-refractivity contribution is 8.04. The van der Waals surface area contributed by atoms with Crippen LogP contribution in [-0.2, 0) is 24.8 Å². The molecule has 1 aliphatic heterocycles. The average Bonchev–Trinajstić information content (AvgIpc) is 3.44. The molecule has 140 valence electrons. The molecule has 1 fully saturated rings. The second-order valence-corrected chi connectivity index (χ2v) is 9.94. The lowest BCUT2D eigenvalue weighted by Crippen LogP contribution is -2.39. The SMILES string of the molecule is COc1ccc(S(=O)(=O)N(C[C@H]2CO2)S(=O)(=O)c2ccc(Cl)cc2)cc1. The topological polar surface area (TPSA) is 93.3 Å². The number of ether oxygens (including phenoxy) is 2. The van der Waals surface area contributed by atoms with Crippen LogP contribution in [0.1, 0.15) is 0 Å². The lowest BCUT2D eigenvalue weighted by Gasteiger charge is -2.21. The Morgan fingerprint density at radius 2 is 1.46 bits per heavy atom. The molecule has 2 aromatic rings. The van der Waals surface area contributed by atoms with Gasteiger partial charge in [0, 0.05) is 5.02 Å². The molecular weight excluding hydrogens is 402 g/mol. The van der Waals surface area contributed by atoms with Gasteiger partial charge in [0.2, 0.25) is 0 Å². The van der Waals surface area contributed by atoms with Gasteiger partial charge >= 0.3 is 0 Å². The Labute approximate surface area is 157 Å². The van der Waals surface area contributed by atoms with Crippen LogP contribution in [0.2, 0.25) is 5.02 Å². The summed E-state index contributed by atoms with van der Waals surface area (Å²) in [6.45, 7) is 0.0179. The number of hydrogen-bond donors (Lipinski definition) is 0. The smallest absolute Gasteiger partial charge is 0.256 e. The largest absolute Gasteiger partial charge is 0.497 e. The Balaban J connectivity index is 2.05. The van der Waals surface area contributed by atoms with Crippen LogP contribution in [0.5, 0.6) is 5.75 Å². The zero-order valence-electron chi connectivity index (χ0n) is 13.7. The zero-order chi connectivity index (χ0) is 18.9. The van der Waals surface area contributed by atoms with E-state index in [4.69, 9.17) is 21.1 Å². The summed E-state index contributed by atoms with van der Waals surface area (Å²) >= 11 is 5.79. The van der Waals surface area contributed by atoms with Crippen molar-refractivity contribution >= 4 is 31.6 Å². The molecule has 0 saturated carbocycles. The van der Waals surface area contributed by atoms with Gasteiger partial charge in [0.05, 0.1) is 36.2 Å². The van der Waals surface area contributed by atoms with E-state index in [0.29, 0.717) is 21.1 Å². The number of epoxide rings is 1. The monoisotopic (exact) mass is 417 g/mol. The molecule has 0 N–H and O–H groups in total. The molecule has 0 spiro atoms. The maximum atomic E-state index is 13.0. The molecule has 10 heteroatoms. The van der Waals surface area contributed by atoms with Gasteiger partial charge in [-0.3, -0.25) is 0 Å². The van der Waals surface area contributed by atoms with Crippen molar-refractivity contribution in [3.8, 4) is 5.75 Å². The Kier molecular flexibility index (Phi) is 5.27. The van der Waals surface area contributed by atoms with Crippen LogP contribution >= 0.6 is 11.6 Å². The number of benzene rings is 2. The molecule has 3 rings (SSSR count). The van der Waals surface area contributed by atoms with E-state index in [9.17, 15) is 16.8 Å². The van der Waals surface area contributed by atoms with Crippen LogP contribution in [0.25, 0.3) is 0 Å². The first-order valence-electron chi connectivity index (χ1n) is 7.54. The highest BCUT2D eigenvalue weighted by Gasteiger charge is 2.41. The van der Waals surface area contributed by atoms with Crippen molar-refractivity contribution < 1.29 is 26.3 Å². The lowest BCUT2D eigenvalue weighted by molar-refractivity contribution is 0.379. The Morgan fingerprint density at radius 1 is 1.00 bits per heavy atom. The summed E-state index contributed by atoms with van der Waals surface area (Å²) in [4.78, 5) is -0.323. The van der Waals surface area contributed by atoms with E-state index in [-0.39, 0.29) is 16.3 Å². The quantitative estimate of drug-likeness (QED) is 0.640. The predicted molar refractivity (Wildman–Crippen MR) is 95.3 cm³/mol. The van der Waals surface area contributed by atoms with Crippen molar-refractivity contribution in [2.24, 2.45) is 0 Å². The molecule has 0 amide bonds. The van der Waals surface area contributed by atoms with E-state index >= 15 is 0 Å². The van der Waals surface area contributed by atoms with Gasteiger partial charge in [-0.25, -0.2) is 16.8 Å². The Hall–Kier alpha value is -1.65. The van der Waals surface area contributed by atoms with E-state index in [2.05, 4.69) is 0 Å². The van der Waals surface area contributed by atoms with Gasteiger partial charge < -0.3 is 9.47 Å². The van der Waals surface area contributed by atoms with E-state index < -0.39 is 26.2 Å². The lowest BCUT2D eigenvalue weighted by atomic mass is 10.3. The summed E-state index contributed by atoms with van der Waals surface area (Å²) < 4.78 is 62.5. The van der Waals surface area contributed by atoms with Crippen LogP contribution in [0.3, 0.4) is 0 Å². The highest BCUT2D eigenvalue weighted by Crippen LogP contribution is 2.28. The molecule has 0 unspecified atom stereocenters. The summed E-state index contributed by atoms with van der Waals surface area (Å²) in [5, 5.41) is 0.346. The van der Waals surface area contributed by atoms with Crippen molar-refractivity contribution in [3.63, 3.8) is 0 Å². The van der Waals surface area contributed by atoms with Gasteiger partial charge in [-0.15, -0.1) is 0 Å². The number of halogens is 1. The minimum Gasteiger partial charge on any atom is -0.497 e. The van der Waals surface area contributed by atoms with Gasteiger partial charge in [0.25, 0.3) is 20.0 Å². The van der Waals surface area contributed by atoms with Crippen LogP contribution in [0, 0.1) is 0 Å². The molecule has 0 bridgehead atoms. The Bertz CT molecular complexity index is 984. The number of methoxy groups -OCH3 is 1. The second kappa shape index (κ2) is 7.16. The van der Waals surface area contributed by atoms with E-state index in [1.807, 2.05) is 0 Å². The third-order valence-electron chi connectivity index (χ3n) is 3.76. The summed E-state index contributed by atoms with van der Waals surface area (Å²) in [7, 11) is -7.19. The third kappa shape index (κ3) is 3.86. The van der Waals surface area contributed by atoms with Crippen molar-refractivity contribution in [3.05, 3.63) is 53.6 Å². The van der Waals surface area contributed by atoms with Gasteiger partial charge in [-0.05, 0) is 48.5 Å². The molecule has 1 aliphatic rings. The zero-order valence-corrected chi connectivity index (χ0v) is 16.1. The first kappa shape index (κ1) is 19.1. The maximum absolute atomic E-state index is 13.0. The van der Waals surface area contributed by atoms with Crippen molar-refractivity contribution in [1.82, 2.24) is 3.71 Å². The maximum Gasteiger partial charge on any atom is 0.256 e. The minimum absolute atomic E-state index is 0.156. The van der Waals surface area contributed by atoms with Gasteiger partial charge in [0.1, 0.15) is 5.75 Å². The van der Waals surface area contributed by atoms with Gasteiger partial charge in [-0.1, -0.05) is 15.3 Å². The first-order chi connectivity index (χ1) is 12.2. The third-order valence-corrected chi connectivity index (χ3v) is 8.30. The second-order valence-electron chi connectivity index (χ2n) is 5.55. The molecule has 1 saturated heterocycles. The summed E-state index contributed by atoms with van der Waals surface area (Å²) in [6, 6.07) is 10.8. The molecule has 1 heterocycles. The molecule has 1 atom stereocenters. The summed E-state index contributed by atoms with van der Waals surface area (Å²) in [5.41, 5.74) is 0. The number of hydrogen-bond acceptors (Lipinski definition) is 6. The highest BCUT2D eigenvalue weighted by atomic mass is 35.5. The number of sulfonamides is 2. The molecule has 0 aromatic heterocycles. The fraction of sp³-hybridized carbons (Fsp3) is 0.250. The van der Waals surface area contributed by atoms with Gasteiger partial charge in [-0.2, -0.15) is 0 Å². The molecule has 0 aliphatic carbocycles. The van der Waals surface area contributed by atoms with E-state index in [1.165, 1.54) is 55.6 Å². The fourth-order valence-electron chi connectivity index (χ4n) is 2.25. The van der Waals surface area contributed by atoms with Crippen molar-refractivity contribution in [2.75, 3.05) is 20.3 Å². The standard InChI is InChI=1S/C16H16ClNO6S2/c1-23-13-4-8-16(9-5-13)26(21,22)18(10-14-11-24-14)25(19,20)15-6-2-12(17)3-7-15/h2-9,14H,10-11H2,1H3/t14-/m0/s1. The van der Waals surface area contributed by atoms with Crippen LogP contribution in [0.4, 0.5) is 0 Å². The number of rotatable bonds is 7. The molecule has 7 nitrogen and oxygen atoms in total. The summed E-state index contributed by atoms with van der Waals surface area (Å²) in [6.07, 6.45) is -0.454. The van der Waals surface area contributed by atoms with Gasteiger partial charge in [0.15, 0.2) is 0 Å². The fourth-order valence-corrected chi connectivity index (χ4v) is 6.09. The normalized spacial score (nSPS) is 17.3. The number of nitrogens with zero attached hydrogens (tertiary/aromatic N) is 1. The van der Waals surface area contributed by atoms with Crippen molar-refractivity contribution in [2.45, 2.75) is 15.9 Å². The van der Waals surface area contributed by atoms with Crippen LogP contribution < -0.4 is 4.74 Å². The van der Waals surface area contributed by atoms with Crippen LogP contribution in [0.15, 0.2) is 58.3 Å². The van der Waals surface area contributed by atoms with Crippen molar-refractivity contribution in [1.29, 1.82) is 0 Å². The van der Waals surface area contributed by atoms with Crippen LogP contribution in [-0.4, -0.2) is 46.9 Å². The molecule has 26 heavy (non-hydrogen) atoms. The predicted octanol–water partition coefficient (Wildman–Crippen LogP) is 2.13. The minimum atomic E-state index is -4.32. The first-order valence-corrected chi connectivity index (χ1v) is 10.8. The van der Waals surface area contributed by atoms with E-state index in [1.54, 1.807) is 0 Å². The average molecular weight is 418 g/mol. The summed E-state index contributed by atoms with van der Waals surface area (Å²) in [5.74, 6) is 0.460. The van der Waals surface area contributed by atoms with E-state index in [0.717, 1.165) is 0 Å². The molecule has 0 radical (unpaired) electrons. The molecule has 2 aromatic carbocycles.